The van der Waals surface area contributed by atoms with Crippen LogP contribution in [0.5, 0.6) is 5.75 Å². The van der Waals surface area contributed by atoms with Gasteiger partial charge in [0.25, 0.3) is 5.91 Å². The smallest absolute Gasteiger partial charge is 0.259 e. The van der Waals surface area contributed by atoms with Crippen LogP contribution in [0, 0.1) is 34.6 Å². The van der Waals surface area contributed by atoms with Crippen molar-refractivity contribution in [2.75, 3.05) is 5.32 Å². The first-order valence-corrected chi connectivity index (χ1v) is 10.9. The number of hydrogen-bond acceptors (Lipinski definition) is 4. The largest absolute Gasteiger partial charge is 0.505 e. The molecule has 1 amide bonds. The van der Waals surface area contributed by atoms with Crippen LogP contribution >= 0.6 is 0 Å². The molecular formula is C28H27N3O2. The third-order valence-corrected chi connectivity index (χ3v) is 5.76. The Hall–Kier alpha value is -3.99. The molecule has 0 saturated heterocycles. The number of carbonyl (C=O) groups is 1. The summed E-state index contributed by atoms with van der Waals surface area (Å²) in [5.74, 6) is -0.590. The van der Waals surface area contributed by atoms with Crippen molar-refractivity contribution in [3.05, 3.63) is 94.0 Å². The summed E-state index contributed by atoms with van der Waals surface area (Å²) in [4.78, 5) is 13.1. The minimum atomic E-state index is -0.399. The van der Waals surface area contributed by atoms with E-state index in [0.29, 0.717) is 5.69 Å². The number of amides is 1. The Morgan fingerprint density at radius 2 is 1.42 bits per heavy atom. The average molecular weight is 438 g/mol. The molecule has 4 aromatic carbocycles. The van der Waals surface area contributed by atoms with E-state index in [1.165, 1.54) is 0 Å². The number of rotatable bonds is 4. The predicted molar refractivity (Wildman–Crippen MR) is 134 cm³/mol. The van der Waals surface area contributed by atoms with E-state index in [0.717, 1.165) is 44.3 Å². The first-order chi connectivity index (χ1) is 15.7. The molecular weight excluding hydrogens is 410 g/mol. The molecule has 0 aliphatic heterocycles. The van der Waals surface area contributed by atoms with Gasteiger partial charge in [-0.1, -0.05) is 59.7 Å². The van der Waals surface area contributed by atoms with Crippen molar-refractivity contribution in [2.45, 2.75) is 34.6 Å². The van der Waals surface area contributed by atoms with E-state index in [1.54, 1.807) is 6.07 Å². The summed E-state index contributed by atoms with van der Waals surface area (Å²) in [6, 6.07) is 19.2. The Kier molecular flexibility index (Phi) is 5.97. The molecule has 2 N–H and O–H groups in total. The minimum Gasteiger partial charge on any atom is -0.505 e. The molecule has 33 heavy (non-hydrogen) atoms. The van der Waals surface area contributed by atoms with E-state index in [-0.39, 0.29) is 17.0 Å². The van der Waals surface area contributed by atoms with Crippen molar-refractivity contribution in [3.8, 4) is 5.75 Å². The first kappa shape index (κ1) is 22.2. The van der Waals surface area contributed by atoms with Gasteiger partial charge in [0.15, 0.2) is 5.75 Å². The second-order valence-corrected chi connectivity index (χ2v) is 8.56. The molecule has 0 spiro atoms. The number of carbonyl (C=O) groups excluding carboxylic acids is 1. The molecule has 0 aliphatic carbocycles. The number of nitrogens with one attached hydrogen (secondary N) is 1. The van der Waals surface area contributed by atoms with Crippen LogP contribution in [0.3, 0.4) is 0 Å². The van der Waals surface area contributed by atoms with E-state index in [4.69, 9.17) is 0 Å². The van der Waals surface area contributed by atoms with Crippen LogP contribution < -0.4 is 5.32 Å². The molecule has 0 radical (unpaired) electrons. The van der Waals surface area contributed by atoms with E-state index in [2.05, 4.69) is 27.7 Å². The van der Waals surface area contributed by atoms with Crippen LogP contribution in [0.4, 0.5) is 17.1 Å². The van der Waals surface area contributed by atoms with Gasteiger partial charge in [-0.3, -0.25) is 4.79 Å². The Morgan fingerprint density at radius 3 is 2.12 bits per heavy atom. The average Bonchev–Trinajstić information content (AvgIpc) is 2.75. The first-order valence-electron chi connectivity index (χ1n) is 10.9. The van der Waals surface area contributed by atoms with Gasteiger partial charge in [-0.15, -0.1) is 10.2 Å². The molecule has 0 aliphatic rings. The Labute approximate surface area is 193 Å². The fraction of sp³-hybridized carbons (Fsp3) is 0.179. The van der Waals surface area contributed by atoms with Crippen molar-refractivity contribution < 1.29 is 9.90 Å². The number of hydrogen-bond donors (Lipinski definition) is 2. The summed E-state index contributed by atoms with van der Waals surface area (Å²) >= 11 is 0. The lowest BCUT2D eigenvalue weighted by molar-refractivity contribution is 0.102. The molecule has 166 valence electrons. The number of para-hydroxylation sites is 1. The van der Waals surface area contributed by atoms with Gasteiger partial charge in [0.2, 0.25) is 0 Å². The Morgan fingerprint density at radius 1 is 0.758 bits per heavy atom. The fourth-order valence-corrected chi connectivity index (χ4v) is 4.10. The number of azo groups is 1. The van der Waals surface area contributed by atoms with E-state index in [1.807, 2.05) is 77.1 Å². The maximum Gasteiger partial charge on any atom is 0.259 e. The van der Waals surface area contributed by atoms with Crippen LogP contribution in [-0.4, -0.2) is 11.0 Å². The molecule has 0 atom stereocenters. The van der Waals surface area contributed by atoms with Crippen molar-refractivity contribution >= 4 is 33.7 Å². The third-order valence-electron chi connectivity index (χ3n) is 5.76. The second kappa shape index (κ2) is 8.87. The molecule has 0 saturated carbocycles. The molecule has 0 bridgehead atoms. The molecule has 0 aromatic heterocycles. The lowest BCUT2D eigenvalue weighted by atomic mass is 10.0. The number of anilines is 1. The third kappa shape index (κ3) is 4.48. The summed E-state index contributed by atoms with van der Waals surface area (Å²) in [5.41, 5.74) is 7.04. The summed E-state index contributed by atoms with van der Waals surface area (Å²) in [5, 5.41) is 24.5. The van der Waals surface area contributed by atoms with Gasteiger partial charge in [-0.25, -0.2) is 0 Å². The van der Waals surface area contributed by atoms with Crippen LogP contribution in [0.2, 0.25) is 0 Å². The number of phenols is 1. The van der Waals surface area contributed by atoms with Crippen molar-refractivity contribution in [3.63, 3.8) is 0 Å². The normalized spacial score (nSPS) is 11.3. The molecule has 5 nitrogen and oxygen atoms in total. The maximum absolute atomic E-state index is 13.1. The lowest BCUT2D eigenvalue weighted by Gasteiger charge is -2.13. The number of aromatic hydroxyl groups is 1. The van der Waals surface area contributed by atoms with Crippen LogP contribution in [0.15, 0.2) is 70.9 Å². The highest BCUT2D eigenvalue weighted by Gasteiger charge is 2.19. The molecule has 0 fully saturated rings. The van der Waals surface area contributed by atoms with Crippen LogP contribution in [0.25, 0.3) is 10.8 Å². The molecule has 5 heteroatoms. The number of aryl methyl sites for hydroxylation is 5. The SMILES string of the molecule is Cc1cc(C)c(N=Nc2c(O)c(C(=O)Nc3ccccc3C)cc3cc(C)ccc23)c(C)c1. The highest BCUT2D eigenvalue weighted by Crippen LogP contribution is 2.40. The van der Waals surface area contributed by atoms with Gasteiger partial charge in [0.1, 0.15) is 5.69 Å². The fourth-order valence-electron chi connectivity index (χ4n) is 4.10. The number of fused-ring (bicyclic) bond motifs is 1. The number of nitrogens with zero attached hydrogens (tertiary/aromatic N) is 2. The van der Waals surface area contributed by atoms with Gasteiger partial charge >= 0.3 is 0 Å². The van der Waals surface area contributed by atoms with Crippen LogP contribution in [0.1, 0.15) is 38.2 Å². The van der Waals surface area contributed by atoms with Gasteiger partial charge < -0.3 is 10.4 Å². The van der Waals surface area contributed by atoms with E-state index in [9.17, 15) is 9.90 Å². The highest BCUT2D eigenvalue weighted by molar-refractivity contribution is 6.12. The van der Waals surface area contributed by atoms with Crippen molar-refractivity contribution in [1.29, 1.82) is 0 Å². The summed E-state index contributed by atoms with van der Waals surface area (Å²) in [6.07, 6.45) is 0. The zero-order valence-electron chi connectivity index (χ0n) is 19.5. The van der Waals surface area contributed by atoms with E-state index < -0.39 is 5.91 Å². The van der Waals surface area contributed by atoms with E-state index >= 15 is 0 Å². The second-order valence-electron chi connectivity index (χ2n) is 8.56. The summed E-state index contributed by atoms with van der Waals surface area (Å²) < 4.78 is 0. The number of phenolic OH excluding ortho intramolecular Hbond substituents is 1. The summed E-state index contributed by atoms with van der Waals surface area (Å²) in [7, 11) is 0. The topological polar surface area (TPSA) is 74.0 Å². The van der Waals surface area contributed by atoms with Crippen molar-refractivity contribution in [2.24, 2.45) is 10.2 Å². The molecule has 0 heterocycles. The summed E-state index contributed by atoms with van der Waals surface area (Å²) in [6.45, 7) is 9.92. The zero-order valence-corrected chi connectivity index (χ0v) is 19.5. The minimum absolute atomic E-state index is 0.155. The Balaban J connectivity index is 1.85. The van der Waals surface area contributed by atoms with Gasteiger partial charge in [0.05, 0.1) is 11.3 Å². The lowest BCUT2D eigenvalue weighted by Crippen LogP contribution is -2.13. The van der Waals surface area contributed by atoms with Crippen LogP contribution in [-0.2, 0) is 0 Å². The Bertz CT molecular complexity index is 1400. The van der Waals surface area contributed by atoms with Gasteiger partial charge in [-0.05, 0) is 68.8 Å². The molecule has 4 aromatic rings. The van der Waals surface area contributed by atoms with Gasteiger partial charge in [-0.2, -0.15) is 0 Å². The standard InChI is InChI=1S/C28H27N3O2/c1-16-10-11-22-21(14-16)15-23(28(33)29-24-9-7-6-8-18(24)3)27(32)26(22)31-30-25-19(4)12-17(2)13-20(25)5/h6-15,32H,1-5H3,(H,29,33). The highest BCUT2D eigenvalue weighted by atomic mass is 16.3. The predicted octanol–water partition coefficient (Wildman–Crippen LogP) is 7.76. The monoisotopic (exact) mass is 437 g/mol. The number of benzene rings is 4. The van der Waals surface area contributed by atoms with Crippen molar-refractivity contribution in [1.82, 2.24) is 0 Å². The maximum atomic E-state index is 13.1. The van der Waals surface area contributed by atoms with Gasteiger partial charge in [0, 0.05) is 11.1 Å². The molecule has 0 unspecified atom stereocenters. The zero-order chi connectivity index (χ0) is 23.7. The molecule has 4 rings (SSSR count). The quantitative estimate of drug-likeness (QED) is 0.320.